The molecule has 0 radical (unpaired) electrons. The summed E-state index contributed by atoms with van der Waals surface area (Å²) in [4.78, 5) is 0. The molecule has 7 aromatic rings. The van der Waals surface area contributed by atoms with Crippen molar-refractivity contribution in [3.8, 4) is 0 Å². The molecule has 3 heterocycles. The quantitative estimate of drug-likeness (QED) is 0.237. The average Bonchev–Trinajstić information content (AvgIpc) is 3.14. The molecule has 0 N–H and O–H groups in total. The van der Waals surface area contributed by atoms with E-state index in [0.29, 0.717) is 43.5 Å². The summed E-state index contributed by atoms with van der Waals surface area (Å²) in [6, 6.07) is 14.6. The van der Waals surface area contributed by atoms with E-state index in [2.05, 4.69) is 36.4 Å². The van der Waals surface area contributed by atoms with Crippen LogP contribution in [-0.2, 0) is 0 Å². The Hall–Kier alpha value is -0.782. The first-order valence-electron chi connectivity index (χ1n) is 6.96. The van der Waals surface area contributed by atoms with Crippen LogP contribution in [0.4, 0.5) is 0 Å². The third-order valence-electron chi connectivity index (χ3n) is 4.80. The van der Waals surface area contributed by atoms with Gasteiger partial charge < -0.3 is 0 Å². The summed E-state index contributed by atoms with van der Waals surface area (Å²) in [7, 11) is 0. The number of hydrogen-bond donors (Lipinski definition) is 0. The van der Waals surface area contributed by atoms with E-state index in [-0.39, 0.29) is 0 Å². The molecule has 0 atom stereocenters. The van der Waals surface area contributed by atoms with E-state index in [1.54, 1.807) is 57.9 Å². The summed E-state index contributed by atoms with van der Waals surface area (Å²) >= 11 is 1.55. The second-order valence-corrected chi connectivity index (χ2v) is 12.6. The zero-order chi connectivity index (χ0) is 13.3. The predicted octanol–water partition coefficient (Wildman–Crippen LogP) is 4.09. The minimum atomic E-state index is 0.516. The van der Waals surface area contributed by atoms with E-state index in [1.165, 1.54) is 0 Å². The van der Waals surface area contributed by atoms with E-state index in [1.807, 2.05) is 0 Å². The Morgan fingerprint density at radius 2 is 0.524 bits per heavy atom. The molecule has 0 aliphatic carbocycles. The van der Waals surface area contributed by atoms with Gasteiger partial charge in [-0.25, -0.2) is 0 Å². The number of rotatable bonds is 0. The van der Waals surface area contributed by atoms with Crippen molar-refractivity contribution >= 4 is 101 Å². The monoisotopic (exact) mass is 462 g/mol. The van der Waals surface area contributed by atoms with Crippen LogP contribution in [-0.4, -0.2) is 43.5 Å². The van der Waals surface area contributed by atoms with Gasteiger partial charge in [0.15, 0.2) is 0 Å². The van der Waals surface area contributed by atoms with Gasteiger partial charge in [-0.3, -0.25) is 0 Å². The minimum absolute atomic E-state index is 0.516. The van der Waals surface area contributed by atoms with Gasteiger partial charge in [-0.15, -0.1) is 0 Å². The van der Waals surface area contributed by atoms with Crippen molar-refractivity contribution in [2.45, 2.75) is 0 Å². The van der Waals surface area contributed by atoms with Crippen LogP contribution in [0.15, 0.2) is 36.4 Å². The van der Waals surface area contributed by atoms with Crippen LogP contribution in [0.5, 0.6) is 0 Å². The molecule has 0 aliphatic rings. The Kier molecular flexibility index (Phi) is 1.69. The van der Waals surface area contributed by atoms with Crippen LogP contribution in [0.2, 0.25) is 0 Å². The van der Waals surface area contributed by atoms with Crippen LogP contribution in [0.3, 0.4) is 0 Å². The maximum absolute atomic E-state index is 2.43. The molecule has 4 aromatic carbocycles. The summed E-state index contributed by atoms with van der Waals surface area (Å²) < 4.78 is 9.77. The van der Waals surface area contributed by atoms with Gasteiger partial charge >= 0.3 is 138 Å². The maximum atomic E-state index is 2.43. The van der Waals surface area contributed by atoms with Crippen molar-refractivity contribution in [1.82, 2.24) is 0 Å². The molecule has 21 heavy (non-hydrogen) atoms. The third-order valence-corrected chi connectivity index (χ3v) is 11.8. The van der Waals surface area contributed by atoms with Crippen molar-refractivity contribution in [1.29, 1.82) is 0 Å². The van der Waals surface area contributed by atoms with Gasteiger partial charge in [0.25, 0.3) is 0 Å². The zero-order valence-electron chi connectivity index (χ0n) is 10.7. The molecule has 0 saturated carbocycles. The number of benzene rings is 4. The van der Waals surface area contributed by atoms with Crippen LogP contribution >= 0.6 is 0 Å². The molecular weight excluding hydrogens is 453 g/mol. The van der Waals surface area contributed by atoms with Gasteiger partial charge in [0.2, 0.25) is 0 Å². The van der Waals surface area contributed by atoms with Gasteiger partial charge in [-0.1, -0.05) is 0 Å². The molecule has 3 heteroatoms. The normalized spacial score (nSPS) is 13.7. The first-order chi connectivity index (χ1) is 10.4. The van der Waals surface area contributed by atoms with Crippen molar-refractivity contribution in [3.05, 3.63) is 36.4 Å². The van der Waals surface area contributed by atoms with E-state index >= 15 is 0 Å². The fourth-order valence-corrected chi connectivity index (χ4v) is 11.1. The van der Waals surface area contributed by atoms with Gasteiger partial charge in [0.1, 0.15) is 0 Å². The Morgan fingerprint density at radius 3 is 0.714 bits per heavy atom. The predicted molar refractivity (Wildman–Crippen MR) is 95.9 cm³/mol. The van der Waals surface area contributed by atoms with E-state index in [4.69, 9.17) is 0 Å². The molecule has 0 fully saturated rings. The summed E-state index contributed by atoms with van der Waals surface area (Å²) in [5.41, 5.74) is 0. The van der Waals surface area contributed by atoms with Crippen LogP contribution in [0, 0.1) is 0 Å². The molecule has 7 rings (SSSR count). The SMILES string of the molecule is c1cc2[se]c3ccc4[se]c5ccc6[se]c1c1c2c3c4c5c61. The Labute approximate surface area is 137 Å². The molecule has 0 amide bonds. The van der Waals surface area contributed by atoms with Gasteiger partial charge in [-0.2, -0.15) is 0 Å². The fraction of sp³-hybridized carbons (Fsp3) is 0. The van der Waals surface area contributed by atoms with Crippen molar-refractivity contribution in [2.24, 2.45) is 0 Å². The van der Waals surface area contributed by atoms with Crippen molar-refractivity contribution in [3.63, 3.8) is 0 Å². The molecule has 0 unspecified atom stereocenters. The van der Waals surface area contributed by atoms with E-state index in [0.717, 1.165) is 0 Å². The number of hydrogen-bond acceptors (Lipinski definition) is 0. The standard InChI is InChI=1S/C18H6Se3/c1-2-8-14-13-7(1)19-9-3-4-11-17(15(9)13)18-12(21-11)6-5-10(20-8)16(14)18/h1-6H. The zero-order valence-corrected chi connectivity index (χ0v) is 15.8. The third kappa shape index (κ3) is 1.03. The second kappa shape index (κ2) is 3.26. The topological polar surface area (TPSA) is 0 Å². The van der Waals surface area contributed by atoms with Crippen molar-refractivity contribution < 1.29 is 0 Å². The van der Waals surface area contributed by atoms with Crippen molar-refractivity contribution in [2.75, 3.05) is 0 Å². The molecule has 0 nitrogen and oxygen atoms in total. The summed E-state index contributed by atoms with van der Waals surface area (Å²) in [6.45, 7) is 0. The Balaban J connectivity index is 2.18. The van der Waals surface area contributed by atoms with Gasteiger partial charge in [0.05, 0.1) is 0 Å². The molecule has 3 aromatic heterocycles. The first-order valence-corrected chi connectivity index (χ1v) is 12.1. The van der Waals surface area contributed by atoms with E-state index < -0.39 is 0 Å². The van der Waals surface area contributed by atoms with Gasteiger partial charge in [-0.05, 0) is 0 Å². The first kappa shape index (κ1) is 10.9. The van der Waals surface area contributed by atoms with Crippen LogP contribution in [0.1, 0.15) is 0 Å². The molecule has 0 aliphatic heterocycles. The molecular formula is C18H6Se3. The summed E-state index contributed by atoms with van der Waals surface area (Å²) in [5, 5.41) is 9.85. The second-order valence-electron chi connectivity index (χ2n) is 5.74. The molecule has 0 saturated heterocycles. The van der Waals surface area contributed by atoms with Crippen LogP contribution in [0.25, 0.3) is 57.9 Å². The van der Waals surface area contributed by atoms with Gasteiger partial charge in [0, 0.05) is 0 Å². The fourth-order valence-electron chi connectivity index (χ4n) is 4.05. The van der Waals surface area contributed by atoms with E-state index in [9.17, 15) is 0 Å². The Bertz CT molecular complexity index is 1120. The van der Waals surface area contributed by atoms with Crippen LogP contribution < -0.4 is 0 Å². The molecule has 96 valence electrons. The summed E-state index contributed by atoms with van der Waals surface area (Å²) in [6.07, 6.45) is 0. The summed E-state index contributed by atoms with van der Waals surface area (Å²) in [5.74, 6) is 0. The average molecular weight is 459 g/mol. The molecule has 0 spiro atoms. The molecule has 0 bridgehead atoms. The Morgan fingerprint density at radius 1 is 0.333 bits per heavy atom.